The Hall–Kier alpha value is -1.76. The minimum absolute atomic E-state index is 0.0813. The molecule has 0 aliphatic rings. The van der Waals surface area contributed by atoms with Crippen LogP contribution in [0.2, 0.25) is 0 Å². The molecule has 0 saturated carbocycles. The molecule has 0 unspecified atom stereocenters. The number of nitrogens with zero attached hydrogens (tertiary/aromatic N) is 1. The van der Waals surface area contributed by atoms with Crippen LogP contribution in [0.25, 0.3) is 0 Å². The molecule has 0 aliphatic heterocycles. The molecule has 7 heteroatoms. The number of halogens is 3. The van der Waals surface area contributed by atoms with Crippen LogP contribution in [0.15, 0.2) is 18.2 Å². The monoisotopic (exact) mass is 289 g/mol. The Labute approximate surface area is 115 Å². The molecule has 0 aromatic heterocycles. The zero-order valence-electron chi connectivity index (χ0n) is 11.4. The van der Waals surface area contributed by atoms with Crippen molar-refractivity contribution in [1.82, 2.24) is 0 Å². The van der Waals surface area contributed by atoms with Crippen LogP contribution in [0, 0.1) is 5.41 Å². The largest absolute Gasteiger partial charge is 0.416 e. The van der Waals surface area contributed by atoms with E-state index in [0.29, 0.717) is 25.4 Å². The fourth-order valence-corrected chi connectivity index (χ4v) is 1.85. The number of nitrogens with one attached hydrogen (secondary N) is 1. The second-order valence-corrected chi connectivity index (χ2v) is 4.22. The summed E-state index contributed by atoms with van der Waals surface area (Å²) in [6, 6.07) is 3.25. The zero-order valence-corrected chi connectivity index (χ0v) is 11.4. The molecule has 0 aliphatic carbocycles. The summed E-state index contributed by atoms with van der Waals surface area (Å²) in [6.45, 7) is 3.40. The zero-order chi connectivity index (χ0) is 15.3. The van der Waals surface area contributed by atoms with Gasteiger partial charge in [0.25, 0.3) is 0 Å². The molecule has 4 nitrogen and oxygen atoms in total. The molecule has 20 heavy (non-hydrogen) atoms. The maximum atomic E-state index is 12.7. The van der Waals surface area contributed by atoms with E-state index < -0.39 is 11.7 Å². The number of likely N-dealkylation sites (N-methyl/N-ethyl adjacent to an activating group) is 1. The maximum Gasteiger partial charge on any atom is 0.416 e. The van der Waals surface area contributed by atoms with Crippen LogP contribution in [0.4, 0.5) is 18.9 Å². The highest BCUT2D eigenvalue weighted by Crippen LogP contribution is 2.32. The molecule has 1 aromatic rings. The third-order valence-corrected chi connectivity index (χ3v) is 2.90. The summed E-state index contributed by atoms with van der Waals surface area (Å²) in [5.41, 5.74) is 5.18. The number of rotatable bonds is 6. The van der Waals surface area contributed by atoms with Gasteiger partial charge in [0.15, 0.2) is 0 Å². The van der Waals surface area contributed by atoms with Crippen LogP contribution in [0.5, 0.6) is 0 Å². The molecule has 0 bridgehead atoms. The number of nitrogens with two attached hydrogens (primary N) is 1. The fraction of sp³-hybridized carbons (Fsp3) is 0.462. The first kappa shape index (κ1) is 16.3. The van der Waals surface area contributed by atoms with Gasteiger partial charge in [0.1, 0.15) is 5.84 Å². The lowest BCUT2D eigenvalue weighted by atomic mass is 10.1. The van der Waals surface area contributed by atoms with Crippen LogP contribution in [0.3, 0.4) is 0 Å². The molecule has 1 aromatic carbocycles. The van der Waals surface area contributed by atoms with E-state index in [-0.39, 0.29) is 11.4 Å². The second kappa shape index (κ2) is 6.60. The molecule has 0 saturated heterocycles. The maximum absolute atomic E-state index is 12.7. The van der Waals surface area contributed by atoms with Gasteiger partial charge >= 0.3 is 6.18 Å². The Morgan fingerprint density at radius 3 is 2.50 bits per heavy atom. The second-order valence-electron chi connectivity index (χ2n) is 4.22. The summed E-state index contributed by atoms with van der Waals surface area (Å²) in [5.74, 6) is -0.387. The van der Waals surface area contributed by atoms with Crippen LogP contribution in [0.1, 0.15) is 18.1 Å². The molecule has 112 valence electrons. The van der Waals surface area contributed by atoms with Crippen LogP contribution >= 0.6 is 0 Å². The van der Waals surface area contributed by atoms with Gasteiger partial charge in [-0.15, -0.1) is 0 Å². The normalized spacial score (nSPS) is 11.4. The van der Waals surface area contributed by atoms with E-state index in [0.717, 1.165) is 12.1 Å². The van der Waals surface area contributed by atoms with Crippen molar-refractivity contribution in [1.29, 1.82) is 5.41 Å². The van der Waals surface area contributed by atoms with Crippen molar-refractivity contribution in [2.75, 3.05) is 31.7 Å². The number of hydrogen-bond donors (Lipinski definition) is 2. The number of methoxy groups -OCH3 is 1. The smallest absolute Gasteiger partial charge is 0.384 e. The molecular weight excluding hydrogens is 271 g/mol. The number of nitrogen functional groups attached to an aromatic ring is 1. The molecule has 3 N–H and O–H groups in total. The number of anilines is 1. The molecule has 0 fully saturated rings. The molecular formula is C13H18F3N3O. The Balaban J connectivity index is 3.22. The summed E-state index contributed by atoms with van der Waals surface area (Å²) >= 11 is 0. The summed E-state index contributed by atoms with van der Waals surface area (Å²) in [4.78, 5) is 1.82. The van der Waals surface area contributed by atoms with Gasteiger partial charge in [0, 0.05) is 31.5 Å². The highest BCUT2D eigenvalue weighted by molar-refractivity contribution is 6.00. The summed E-state index contributed by atoms with van der Waals surface area (Å²) in [6.07, 6.45) is -4.45. The molecule has 0 radical (unpaired) electrons. The van der Waals surface area contributed by atoms with Gasteiger partial charge < -0.3 is 15.4 Å². The third kappa shape index (κ3) is 3.86. The first-order chi connectivity index (χ1) is 9.31. The van der Waals surface area contributed by atoms with Gasteiger partial charge in [-0.3, -0.25) is 5.41 Å². The quantitative estimate of drug-likeness (QED) is 0.624. The van der Waals surface area contributed by atoms with E-state index in [4.69, 9.17) is 15.9 Å². The topological polar surface area (TPSA) is 62.3 Å². The number of benzene rings is 1. The van der Waals surface area contributed by atoms with E-state index in [1.165, 1.54) is 6.07 Å². The molecule has 0 spiro atoms. The van der Waals surface area contributed by atoms with E-state index in [1.54, 1.807) is 7.11 Å². The highest BCUT2D eigenvalue weighted by atomic mass is 19.4. The van der Waals surface area contributed by atoms with Crippen LogP contribution in [-0.4, -0.2) is 32.6 Å². The summed E-state index contributed by atoms with van der Waals surface area (Å²) in [5, 5.41) is 7.48. The molecule has 0 amide bonds. The SMILES string of the molecule is CCN(CCOC)c1ccc(C(F)(F)F)cc1C(=N)N. The van der Waals surface area contributed by atoms with E-state index in [1.807, 2.05) is 11.8 Å². The van der Waals surface area contributed by atoms with Gasteiger partial charge in [0.2, 0.25) is 0 Å². The predicted octanol–water partition coefficient (Wildman–Crippen LogP) is 2.46. The number of hydrogen-bond acceptors (Lipinski definition) is 3. The van der Waals surface area contributed by atoms with Gasteiger partial charge in [-0.25, -0.2) is 0 Å². The molecule has 1 rings (SSSR count). The van der Waals surface area contributed by atoms with Crippen molar-refractivity contribution in [3.05, 3.63) is 29.3 Å². The van der Waals surface area contributed by atoms with Gasteiger partial charge in [-0.1, -0.05) is 0 Å². The molecule has 0 heterocycles. The number of ether oxygens (including phenoxy) is 1. The lowest BCUT2D eigenvalue weighted by molar-refractivity contribution is -0.137. The fourth-order valence-electron chi connectivity index (χ4n) is 1.85. The average Bonchev–Trinajstić information content (AvgIpc) is 2.38. The van der Waals surface area contributed by atoms with Gasteiger partial charge in [0.05, 0.1) is 12.2 Å². The van der Waals surface area contributed by atoms with Gasteiger partial charge in [-0.2, -0.15) is 13.2 Å². The number of amidine groups is 1. The summed E-state index contributed by atoms with van der Waals surface area (Å²) < 4.78 is 43.1. The number of alkyl halides is 3. The minimum Gasteiger partial charge on any atom is -0.384 e. The lowest BCUT2D eigenvalue weighted by Crippen LogP contribution is -2.29. The van der Waals surface area contributed by atoms with Gasteiger partial charge in [-0.05, 0) is 25.1 Å². The first-order valence-electron chi connectivity index (χ1n) is 6.10. The van der Waals surface area contributed by atoms with Crippen molar-refractivity contribution < 1.29 is 17.9 Å². The highest BCUT2D eigenvalue weighted by Gasteiger charge is 2.31. The lowest BCUT2D eigenvalue weighted by Gasteiger charge is -2.25. The van der Waals surface area contributed by atoms with Crippen molar-refractivity contribution >= 4 is 11.5 Å². The van der Waals surface area contributed by atoms with E-state index in [9.17, 15) is 13.2 Å². The van der Waals surface area contributed by atoms with Crippen LogP contribution in [-0.2, 0) is 10.9 Å². The molecule has 0 atom stereocenters. The Kier molecular flexibility index (Phi) is 5.38. The Morgan fingerprint density at radius 1 is 1.40 bits per heavy atom. The minimum atomic E-state index is -4.45. The van der Waals surface area contributed by atoms with Crippen molar-refractivity contribution in [2.24, 2.45) is 5.73 Å². The van der Waals surface area contributed by atoms with Crippen LogP contribution < -0.4 is 10.6 Å². The van der Waals surface area contributed by atoms with Crippen molar-refractivity contribution in [3.63, 3.8) is 0 Å². The Morgan fingerprint density at radius 2 is 2.05 bits per heavy atom. The Bertz CT molecular complexity index is 474. The predicted molar refractivity (Wildman–Crippen MR) is 72.2 cm³/mol. The first-order valence-corrected chi connectivity index (χ1v) is 6.10. The third-order valence-electron chi connectivity index (χ3n) is 2.90. The van der Waals surface area contributed by atoms with Crippen molar-refractivity contribution in [2.45, 2.75) is 13.1 Å². The van der Waals surface area contributed by atoms with E-state index in [2.05, 4.69) is 0 Å². The average molecular weight is 289 g/mol. The standard InChI is InChI=1S/C13H18F3N3O/c1-3-19(6-7-20-2)11-5-4-9(13(14,15)16)8-10(11)12(17)18/h4-5,8H,3,6-7H2,1-2H3,(H3,17,18). The summed E-state index contributed by atoms with van der Waals surface area (Å²) in [7, 11) is 1.55. The van der Waals surface area contributed by atoms with E-state index >= 15 is 0 Å². The van der Waals surface area contributed by atoms with Crippen molar-refractivity contribution in [3.8, 4) is 0 Å².